The van der Waals surface area contributed by atoms with E-state index in [0.29, 0.717) is 0 Å². The highest BCUT2D eigenvalue weighted by molar-refractivity contribution is 7.15. The molecule has 3 aliphatic carbocycles. The minimum Gasteiger partial charge on any atom is -0.141 e. The van der Waals surface area contributed by atoms with Gasteiger partial charge < -0.3 is 0 Å². The third-order valence-electron chi connectivity index (χ3n) is 14.1. The Kier molecular flexibility index (Phi) is 7.41. The lowest BCUT2D eigenvalue weighted by Gasteiger charge is -2.25. The van der Waals surface area contributed by atoms with Gasteiger partial charge in [0.1, 0.15) is 0 Å². The Balaban J connectivity index is 1.02. The molecule has 0 amide bonds. The van der Waals surface area contributed by atoms with Gasteiger partial charge in [-0.3, -0.25) is 0 Å². The number of hydrogen-bond donors (Lipinski definition) is 0. The predicted molar refractivity (Wildman–Crippen MR) is 248 cm³/mol. The van der Waals surface area contributed by atoms with Gasteiger partial charge in [-0.15, -0.1) is 11.3 Å². The summed E-state index contributed by atoms with van der Waals surface area (Å²) in [6.07, 6.45) is 0. The topological polar surface area (TPSA) is 0 Å². The SMILES string of the molecule is Cc1ccc(-c2cc(C)c3c(c2)C(C)(C)c2cc4c(cc2-3)C(C)(C)c2cc3c(cc2-4)C(C)(C)c2cc(-c4cc(-c5ccccc5)cc(-c5ccccc5)c4)ccc2-3)s1. The molecule has 282 valence electrons. The number of rotatable bonds is 4. The molecule has 8 aromatic rings. The van der Waals surface area contributed by atoms with Crippen LogP contribution in [0.4, 0.5) is 0 Å². The van der Waals surface area contributed by atoms with E-state index in [1.54, 1.807) is 0 Å². The fourth-order valence-electron chi connectivity index (χ4n) is 10.8. The summed E-state index contributed by atoms with van der Waals surface area (Å²) in [5.41, 5.74) is 26.9. The lowest BCUT2D eigenvalue weighted by atomic mass is 9.78. The van der Waals surface area contributed by atoms with E-state index in [9.17, 15) is 0 Å². The van der Waals surface area contributed by atoms with Crippen molar-refractivity contribution in [2.24, 2.45) is 0 Å². The Morgan fingerprint density at radius 1 is 0.328 bits per heavy atom. The van der Waals surface area contributed by atoms with Gasteiger partial charge in [0.25, 0.3) is 0 Å². The summed E-state index contributed by atoms with van der Waals surface area (Å²) in [7, 11) is 0. The summed E-state index contributed by atoms with van der Waals surface area (Å²) < 4.78 is 0. The molecule has 0 unspecified atom stereocenters. The Morgan fingerprint density at radius 3 is 1.31 bits per heavy atom. The second kappa shape index (κ2) is 12.1. The van der Waals surface area contributed by atoms with Gasteiger partial charge in [-0.05, 0) is 198 Å². The second-order valence-electron chi connectivity index (χ2n) is 18.7. The van der Waals surface area contributed by atoms with Crippen LogP contribution in [0.5, 0.6) is 0 Å². The highest BCUT2D eigenvalue weighted by Crippen LogP contribution is 2.60. The molecule has 0 saturated carbocycles. The van der Waals surface area contributed by atoms with E-state index in [1.807, 2.05) is 11.3 Å². The highest BCUT2D eigenvalue weighted by atomic mass is 32.1. The Bertz CT molecular complexity index is 2960. The van der Waals surface area contributed by atoms with Crippen LogP contribution in [0.15, 0.2) is 146 Å². The van der Waals surface area contributed by atoms with Crippen molar-refractivity contribution in [2.45, 2.75) is 71.6 Å². The van der Waals surface area contributed by atoms with Crippen molar-refractivity contribution in [1.82, 2.24) is 0 Å². The molecule has 0 nitrogen and oxygen atoms in total. The zero-order valence-corrected chi connectivity index (χ0v) is 35.6. The molecular weight excluding hydrogens is 717 g/mol. The van der Waals surface area contributed by atoms with Crippen LogP contribution in [0.3, 0.4) is 0 Å². The van der Waals surface area contributed by atoms with E-state index in [4.69, 9.17) is 0 Å². The van der Waals surface area contributed by atoms with Gasteiger partial charge in [0.05, 0.1) is 0 Å². The average Bonchev–Trinajstić information content (AvgIpc) is 3.90. The van der Waals surface area contributed by atoms with Gasteiger partial charge >= 0.3 is 0 Å². The van der Waals surface area contributed by atoms with Crippen LogP contribution in [0, 0.1) is 13.8 Å². The number of benzene rings is 7. The van der Waals surface area contributed by atoms with Gasteiger partial charge in [-0.1, -0.05) is 114 Å². The predicted octanol–water partition coefficient (Wildman–Crippen LogP) is 16.0. The smallest absolute Gasteiger partial charge is 0.0345 e. The van der Waals surface area contributed by atoms with Crippen molar-refractivity contribution >= 4 is 11.3 Å². The Labute approximate surface area is 347 Å². The minimum absolute atomic E-state index is 0.0967. The summed E-state index contributed by atoms with van der Waals surface area (Å²) in [6.45, 7) is 19.2. The highest BCUT2D eigenvalue weighted by Gasteiger charge is 2.45. The second-order valence-corrected chi connectivity index (χ2v) is 20.0. The molecule has 7 aromatic carbocycles. The number of thiophene rings is 1. The van der Waals surface area contributed by atoms with Gasteiger partial charge in [0.2, 0.25) is 0 Å². The van der Waals surface area contributed by atoms with Gasteiger partial charge in [-0.25, -0.2) is 0 Å². The summed E-state index contributed by atoms with van der Waals surface area (Å²) >= 11 is 1.89. The van der Waals surface area contributed by atoms with Crippen LogP contribution < -0.4 is 0 Å². The fourth-order valence-corrected chi connectivity index (χ4v) is 11.7. The molecular formula is C57H48S. The van der Waals surface area contributed by atoms with Crippen LogP contribution in [-0.2, 0) is 16.2 Å². The summed E-state index contributed by atoms with van der Waals surface area (Å²) in [5.74, 6) is 0. The maximum Gasteiger partial charge on any atom is 0.0345 e. The molecule has 0 bridgehead atoms. The third kappa shape index (κ3) is 4.99. The Morgan fingerprint density at radius 2 is 0.776 bits per heavy atom. The molecule has 1 aromatic heterocycles. The van der Waals surface area contributed by atoms with E-state index >= 15 is 0 Å². The molecule has 1 heterocycles. The van der Waals surface area contributed by atoms with Crippen molar-refractivity contribution in [1.29, 1.82) is 0 Å². The molecule has 3 aliphatic rings. The van der Waals surface area contributed by atoms with Crippen molar-refractivity contribution < 1.29 is 0 Å². The molecule has 0 fully saturated rings. The molecule has 0 radical (unpaired) electrons. The van der Waals surface area contributed by atoms with E-state index < -0.39 is 0 Å². The van der Waals surface area contributed by atoms with E-state index in [-0.39, 0.29) is 16.2 Å². The molecule has 0 aliphatic heterocycles. The number of fused-ring (bicyclic) bond motifs is 9. The molecule has 1 heteroatoms. The van der Waals surface area contributed by atoms with Crippen LogP contribution in [0.1, 0.15) is 85.4 Å². The monoisotopic (exact) mass is 764 g/mol. The van der Waals surface area contributed by atoms with Crippen LogP contribution in [-0.4, -0.2) is 0 Å². The van der Waals surface area contributed by atoms with Crippen LogP contribution >= 0.6 is 11.3 Å². The van der Waals surface area contributed by atoms with Crippen molar-refractivity contribution in [2.75, 3.05) is 0 Å². The fraction of sp³-hybridized carbons (Fsp3) is 0.193. The van der Waals surface area contributed by atoms with Gasteiger partial charge in [0, 0.05) is 26.0 Å². The maximum absolute atomic E-state index is 2.58. The molecule has 0 spiro atoms. The minimum atomic E-state index is -0.151. The lowest BCUT2D eigenvalue weighted by molar-refractivity contribution is 0.649. The molecule has 0 atom stereocenters. The quantitative estimate of drug-likeness (QED) is 0.167. The zero-order chi connectivity index (χ0) is 39.9. The third-order valence-corrected chi connectivity index (χ3v) is 15.1. The lowest BCUT2D eigenvalue weighted by Crippen LogP contribution is -2.17. The van der Waals surface area contributed by atoms with Crippen LogP contribution in [0.2, 0.25) is 0 Å². The zero-order valence-electron chi connectivity index (χ0n) is 34.8. The standard InChI is InChI=1S/C57H48S/c1-33-23-41(53-22-19-34(2)58-53)28-52-54(33)46-32-50-45(31-51(46)57(52,7)8)44-30-48-43(29-49(44)56(50,5)6)42-21-20-37(27-47(42)55(48,3)4)40-25-38(35-15-11-9-12-16-35)24-39(26-40)36-17-13-10-14-18-36/h9-32H,1-8H3. The van der Waals surface area contributed by atoms with E-state index in [1.165, 1.54) is 121 Å². The number of hydrogen-bond acceptors (Lipinski definition) is 1. The number of aryl methyl sites for hydroxylation is 2. The van der Waals surface area contributed by atoms with E-state index in [2.05, 4.69) is 201 Å². The Hall–Kier alpha value is -5.76. The van der Waals surface area contributed by atoms with Crippen molar-refractivity contribution in [3.8, 4) is 77.2 Å². The van der Waals surface area contributed by atoms with Gasteiger partial charge in [0.15, 0.2) is 0 Å². The molecule has 11 rings (SSSR count). The van der Waals surface area contributed by atoms with Gasteiger partial charge in [-0.2, -0.15) is 0 Å². The summed E-state index contributed by atoms with van der Waals surface area (Å²) in [4.78, 5) is 2.72. The molecule has 58 heavy (non-hydrogen) atoms. The largest absolute Gasteiger partial charge is 0.141 e. The first-order chi connectivity index (χ1) is 27.8. The first-order valence-corrected chi connectivity index (χ1v) is 21.6. The normalized spacial score (nSPS) is 15.7. The summed E-state index contributed by atoms with van der Waals surface area (Å²) in [5, 5.41) is 0. The average molecular weight is 765 g/mol. The first kappa shape index (κ1) is 35.4. The van der Waals surface area contributed by atoms with Crippen molar-refractivity contribution in [3.05, 3.63) is 189 Å². The molecule has 0 saturated heterocycles. The van der Waals surface area contributed by atoms with Crippen molar-refractivity contribution in [3.63, 3.8) is 0 Å². The molecule has 0 N–H and O–H groups in total. The first-order valence-electron chi connectivity index (χ1n) is 20.8. The van der Waals surface area contributed by atoms with Crippen LogP contribution in [0.25, 0.3) is 77.2 Å². The summed E-state index contributed by atoms with van der Waals surface area (Å²) in [6, 6.07) is 55.6. The maximum atomic E-state index is 2.58. The van der Waals surface area contributed by atoms with E-state index in [0.717, 1.165) is 0 Å².